The number of rotatable bonds is 6. The minimum atomic E-state index is 0.101. The zero-order chi connectivity index (χ0) is 16.2. The van der Waals surface area contributed by atoms with E-state index in [0.717, 1.165) is 45.4 Å². The fraction of sp³-hybridized carbons (Fsp3) is 0.316. The van der Waals surface area contributed by atoms with Crippen LogP contribution in [0, 0.1) is 0 Å². The number of ether oxygens (including phenoxy) is 1. The van der Waals surface area contributed by atoms with E-state index in [-0.39, 0.29) is 5.43 Å². The van der Waals surface area contributed by atoms with Gasteiger partial charge in [0.25, 0.3) is 0 Å². The van der Waals surface area contributed by atoms with Gasteiger partial charge < -0.3 is 9.64 Å². The molecule has 0 aliphatic carbocycles. The van der Waals surface area contributed by atoms with E-state index >= 15 is 0 Å². The van der Waals surface area contributed by atoms with Crippen LogP contribution in [0.5, 0.6) is 5.75 Å². The second-order valence-corrected chi connectivity index (χ2v) is 6.82. The van der Waals surface area contributed by atoms with Crippen molar-refractivity contribution < 1.29 is 4.74 Å². The molecule has 0 radical (unpaired) electrons. The van der Waals surface area contributed by atoms with Crippen LogP contribution in [0.1, 0.15) is 13.3 Å². The Kier molecular flexibility index (Phi) is 4.94. The molecule has 0 saturated carbocycles. The zero-order valence-electron chi connectivity index (χ0n) is 13.5. The van der Waals surface area contributed by atoms with E-state index in [0.29, 0.717) is 6.61 Å². The monoisotopic (exact) mass is 327 g/mol. The largest absolute Gasteiger partial charge is 0.492 e. The van der Waals surface area contributed by atoms with Gasteiger partial charge in [0.05, 0.1) is 0 Å². The average molecular weight is 327 g/mol. The van der Waals surface area contributed by atoms with Crippen LogP contribution in [0.25, 0.3) is 20.2 Å². The molecule has 0 amide bonds. The topological polar surface area (TPSA) is 29.5 Å². The number of hydrogen-bond donors (Lipinski definition) is 0. The average Bonchev–Trinajstić information content (AvgIpc) is 2.55. The predicted molar refractivity (Wildman–Crippen MR) is 98.9 cm³/mol. The normalized spacial score (nSPS) is 11.4. The minimum Gasteiger partial charge on any atom is -0.492 e. The van der Waals surface area contributed by atoms with Gasteiger partial charge in [0.2, 0.25) is 0 Å². The van der Waals surface area contributed by atoms with E-state index in [1.165, 1.54) is 0 Å². The maximum Gasteiger partial charge on any atom is 0.195 e. The lowest BCUT2D eigenvalue weighted by molar-refractivity contribution is 0.238. The Morgan fingerprint density at radius 2 is 1.83 bits per heavy atom. The highest BCUT2D eigenvalue weighted by molar-refractivity contribution is 7.24. The highest BCUT2D eigenvalue weighted by atomic mass is 32.1. The van der Waals surface area contributed by atoms with Gasteiger partial charge in [-0.2, -0.15) is 0 Å². The van der Waals surface area contributed by atoms with E-state index in [1.807, 2.05) is 42.5 Å². The third-order valence-electron chi connectivity index (χ3n) is 3.90. The molecule has 0 N–H and O–H groups in total. The van der Waals surface area contributed by atoms with Gasteiger partial charge in [-0.1, -0.05) is 19.1 Å². The molecule has 0 unspecified atom stereocenters. The van der Waals surface area contributed by atoms with Crippen LogP contribution in [0.2, 0.25) is 0 Å². The molecule has 2 aromatic carbocycles. The van der Waals surface area contributed by atoms with Gasteiger partial charge in [-0.15, -0.1) is 11.3 Å². The van der Waals surface area contributed by atoms with Crippen LogP contribution >= 0.6 is 11.3 Å². The molecule has 0 atom stereocenters. The van der Waals surface area contributed by atoms with Gasteiger partial charge in [0, 0.05) is 26.7 Å². The lowest BCUT2D eigenvalue weighted by Gasteiger charge is -2.15. The Morgan fingerprint density at radius 3 is 2.65 bits per heavy atom. The van der Waals surface area contributed by atoms with Gasteiger partial charge in [-0.05, 0) is 50.3 Å². The maximum absolute atomic E-state index is 12.5. The second-order valence-electron chi connectivity index (χ2n) is 5.74. The molecule has 0 aliphatic rings. The summed E-state index contributed by atoms with van der Waals surface area (Å²) in [6.07, 6.45) is 1.15. The molecular formula is C19H21NO2S. The summed E-state index contributed by atoms with van der Waals surface area (Å²) in [5.41, 5.74) is 0.101. The van der Waals surface area contributed by atoms with Crippen LogP contribution in [0.3, 0.4) is 0 Å². The van der Waals surface area contributed by atoms with Crippen LogP contribution < -0.4 is 10.2 Å². The summed E-state index contributed by atoms with van der Waals surface area (Å²) in [5, 5.41) is 1.56. The molecule has 3 rings (SSSR count). The van der Waals surface area contributed by atoms with E-state index in [9.17, 15) is 4.79 Å². The van der Waals surface area contributed by atoms with Crippen molar-refractivity contribution in [2.45, 2.75) is 13.3 Å². The SMILES string of the molecule is CCCN(C)CCOc1ccc2c(=O)c3ccccc3sc2c1. The molecule has 3 nitrogen and oxygen atoms in total. The molecule has 0 fully saturated rings. The van der Waals surface area contributed by atoms with Gasteiger partial charge in [0.1, 0.15) is 12.4 Å². The Balaban J connectivity index is 1.84. The molecule has 23 heavy (non-hydrogen) atoms. The van der Waals surface area contributed by atoms with Gasteiger partial charge in [-0.25, -0.2) is 0 Å². The first-order chi connectivity index (χ1) is 11.2. The quantitative estimate of drug-likeness (QED) is 0.637. The maximum atomic E-state index is 12.5. The van der Waals surface area contributed by atoms with Crippen LogP contribution in [0.15, 0.2) is 47.3 Å². The summed E-state index contributed by atoms with van der Waals surface area (Å²) in [4.78, 5) is 14.8. The molecule has 1 heterocycles. The summed E-state index contributed by atoms with van der Waals surface area (Å²) in [6.45, 7) is 4.81. The van der Waals surface area contributed by atoms with Crippen molar-refractivity contribution in [1.29, 1.82) is 0 Å². The van der Waals surface area contributed by atoms with Crippen LogP contribution in [-0.4, -0.2) is 31.6 Å². The van der Waals surface area contributed by atoms with E-state index in [1.54, 1.807) is 11.3 Å². The van der Waals surface area contributed by atoms with E-state index in [2.05, 4.69) is 18.9 Å². The lowest BCUT2D eigenvalue weighted by Crippen LogP contribution is -2.24. The summed E-state index contributed by atoms with van der Waals surface area (Å²) >= 11 is 1.64. The highest BCUT2D eigenvalue weighted by Gasteiger charge is 2.07. The van der Waals surface area contributed by atoms with Crippen LogP contribution in [-0.2, 0) is 0 Å². The first-order valence-electron chi connectivity index (χ1n) is 7.96. The fourth-order valence-electron chi connectivity index (χ4n) is 2.68. The summed E-state index contributed by atoms with van der Waals surface area (Å²) in [6, 6.07) is 13.5. The number of fused-ring (bicyclic) bond motifs is 2. The Morgan fingerprint density at radius 1 is 1.04 bits per heavy atom. The van der Waals surface area contributed by atoms with Crippen molar-refractivity contribution in [3.8, 4) is 5.75 Å². The molecule has 4 heteroatoms. The second kappa shape index (κ2) is 7.11. The minimum absolute atomic E-state index is 0.101. The standard InChI is InChI=1S/C19H21NO2S/c1-3-10-20(2)11-12-22-14-8-9-16-18(13-14)23-17-7-5-4-6-15(17)19(16)21/h4-9,13H,3,10-12H2,1-2H3. The number of hydrogen-bond acceptors (Lipinski definition) is 4. The number of likely N-dealkylation sites (N-methyl/N-ethyl adjacent to an activating group) is 1. The molecule has 120 valence electrons. The molecule has 0 bridgehead atoms. The first-order valence-corrected chi connectivity index (χ1v) is 8.77. The molecule has 0 spiro atoms. The molecular weight excluding hydrogens is 306 g/mol. The smallest absolute Gasteiger partial charge is 0.195 e. The van der Waals surface area contributed by atoms with Gasteiger partial charge in [-0.3, -0.25) is 4.79 Å². The van der Waals surface area contributed by atoms with Gasteiger partial charge >= 0.3 is 0 Å². The molecule has 0 aliphatic heterocycles. The van der Waals surface area contributed by atoms with Crippen molar-refractivity contribution in [2.24, 2.45) is 0 Å². The zero-order valence-corrected chi connectivity index (χ0v) is 14.4. The Labute approximate surface area is 140 Å². The highest BCUT2D eigenvalue weighted by Crippen LogP contribution is 2.27. The first kappa shape index (κ1) is 16.0. The van der Waals surface area contributed by atoms with Crippen molar-refractivity contribution >= 4 is 31.5 Å². The molecule has 3 aromatic rings. The summed E-state index contributed by atoms with van der Waals surface area (Å²) in [7, 11) is 2.10. The van der Waals surface area contributed by atoms with Crippen molar-refractivity contribution in [3.63, 3.8) is 0 Å². The van der Waals surface area contributed by atoms with Gasteiger partial charge in [0.15, 0.2) is 5.43 Å². The van der Waals surface area contributed by atoms with E-state index in [4.69, 9.17) is 4.74 Å². The lowest BCUT2D eigenvalue weighted by atomic mass is 10.2. The number of benzene rings is 2. The molecule has 1 aromatic heterocycles. The molecule has 0 saturated heterocycles. The Bertz CT molecular complexity index is 872. The third-order valence-corrected chi connectivity index (χ3v) is 5.03. The number of nitrogens with zero attached hydrogens (tertiary/aromatic N) is 1. The summed E-state index contributed by atoms with van der Waals surface area (Å²) < 4.78 is 7.84. The predicted octanol–water partition coefficient (Wildman–Crippen LogP) is 4.14. The van der Waals surface area contributed by atoms with Crippen LogP contribution in [0.4, 0.5) is 0 Å². The van der Waals surface area contributed by atoms with Crippen molar-refractivity contribution in [2.75, 3.05) is 26.7 Å². The third kappa shape index (κ3) is 3.54. The van der Waals surface area contributed by atoms with Crippen molar-refractivity contribution in [3.05, 3.63) is 52.7 Å². The van der Waals surface area contributed by atoms with Crippen molar-refractivity contribution in [1.82, 2.24) is 4.90 Å². The van der Waals surface area contributed by atoms with E-state index < -0.39 is 0 Å². The summed E-state index contributed by atoms with van der Waals surface area (Å²) in [5.74, 6) is 0.827. The Hall–Kier alpha value is -1.91. The fourth-order valence-corrected chi connectivity index (χ4v) is 3.78.